The summed E-state index contributed by atoms with van der Waals surface area (Å²) in [5.74, 6) is 0.322. The zero-order valence-electron chi connectivity index (χ0n) is 22.0. The van der Waals surface area contributed by atoms with E-state index in [1.807, 2.05) is 22.6 Å². The van der Waals surface area contributed by atoms with Crippen LogP contribution in [0.2, 0.25) is 0 Å². The second-order valence-electron chi connectivity index (χ2n) is 9.88. The van der Waals surface area contributed by atoms with E-state index in [-0.39, 0.29) is 25.5 Å². The minimum atomic E-state index is -1.16. The first-order valence-corrected chi connectivity index (χ1v) is 14.0. The molecule has 4 atom stereocenters. The van der Waals surface area contributed by atoms with Gasteiger partial charge in [-0.3, -0.25) is 14.4 Å². The van der Waals surface area contributed by atoms with Gasteiger partial charge in [0.2, 0.25) is 5.91 Å². The molecule has 2 amide bonds. The van der Waals surface area contributed by atoms with E-state index in [9.17, 15) is 24.6 Å². The Morgan fingerprint density at radius 2 is 2.11 bits per heavy atom. The molecule has 0 radical (unpaired) electrons. The maximum Gasteiger partial charge on any atom is 0.252 e. The predicted molar refractivity (Wildman–Crippen MR) is 148 cm³/mol. The number of amides is 2. The minimum Gasteiger partial charge on any atom is -0.493 e. The lowest BCUT2D eigenvalue weighted by Gasteiger charge is -2.41. The molecule has 1 heterocycles. The number of hydrogen-bond donors (Lipinski definition) is 3. The van der Waals surface area contributed by atoms with Gasteiger partial charge in [0.1, 0.15) is 24.6 Å². The lowest BCUT2D eigenvalue weighted by molar-refractivity contribution is -0.148. The number of halogens is 1. The molecule has 0 spiro atoms. The molecule has 2 aliphatic rings. The Hall–Kier alpha value is -2.22. The highest BCUT2D eigenvalue weighted by atomic mass is 127. The first-order valence-electron chi connectivity index (χ1n) is 12.9. The standard InChI is InChI=1S/C27H37IN2O8/c1-16(2)6-8-30(27(35)21-5-4-10-37-21)20-13-18(26(34)29-7-9-31)14-22(24(20)33)38-25-19(28)11-17(15-32)12-23(25)36-3/h11-12,14-16,20-22,24,31,33H,4-10,13H2,1-3H3,(H,29,34). The van der Waals surface area contributed by atoms with Crippen molar-refractivity contribution < 1.29 is 38.8 Å². The van der Waals surface area contributed by atoms with Crippen LogP contribution in [-0.2, 0) is 14.3 Å². The Kier molecular flexibility index (Phi) is 11.4. The number of hydrogen-bond acceptors (Lipinski definition) is 8. The topological polar surface area (TPSA) is 135 Å². The molecule has 4 unspecified atom stereocenters. The fourth-order valence-electron chi connectivity index (χ4n) is 4.63. The van der Waals surface area contributed by atoms with Crippen molar-refractivity contribution in [2.75, 3.05) is 33.4 Å². The Balaban J connectivity index is 1.99. The molecular formula is C27H37IN2O8. The molecule has 210 valence electrons. The zero-order chi connectivity index (χ0) is 27.8. The second kappa shape index (κ2) is 14.2. The van der Waals surface area contributed by atoms with Gasteiger partial charge in [0.05, 0.1) is 23.3 Å². The lowest BCUT2D eigenvalue weighted by Crippen LogP contribution is -2.57. The van der Waals surface area contributed by atoms with Crippen LogP contribution in [0.1, 0.15) is 49.9 Å². The van der Waals surface area contributed by atoms with Crippen molar-refractivity contribution in [3.05, 3.63) is 32.9 Å². The Morgan fingerprint density at radius 3 is 2.71 bits per heavy atom. The molecule has 1 saturated heterocycles. The Bertz CT molecular complexity index is 1020. The fraction of sp³-hybridized carbons (Fsp3) is 0.593. The summed E-state index contributed by atoms with van der Waals surface area (Å²) in [6, 6.07) is 2.42. The van der Waals surface area contributed by atoms with Gasteiger partial charge in [0.25, 0.3) is 5.91 Å². The minimum absolute atomic E-state index is 0.0692. The number of rotatable bonds is 12. The summed E-state index contributed by atoms with van der Waals surface area (Å²) in [5, 5.41) is 23.4. The molecule has 38 heavy (non-hydrogen) atoms. The average molecular weight is 645 g/mol. The Labute approximate surface area is 236 Å². The van der Waals surface area contributed by atoms with Gasteiger partial charge in [-0.15, -0.1) is 0 Å². The Morgan fingerprint density at radius 1 is 1.34 bits per heavy atom. The molecule has 10 nitrogen and oxygen atoms in total. The highest BCUT2D eigenvalue weighted by molar-refractivity contribution is 14.1. The van der Waals surface area contributed by atoms with Gasteiger partial charge < -0.3 is 34.6 Å². The van der Waals surface area contributed by atoms with E-state index in [0.717, 1.165) is 6.42 Å². The monoisotopic (exact) mass is 644 g/mol. The molecule has 0 saturated carbocycles. The molecule has 3 N–H and O–H groups in total. The van der Waals surface area contributed by atoms with Crippen LogP contribution >= 0.6 is 22.6 Å². The maximum absolute atomic E-state index is 13.6. The van der Waals surface area contributed by atoms with Crippen LogP contribution in [0.15, 0.2) is 23.8 Å². The van der Waals surface area contributed by atoms with E-state index >= 15 is 0 Å². The third kappa shape index (κ3) is 7.45. The number of aldehydes is 1. The first kappa shape index (κ1) is 30.3. The number of ether oxygens (including phenoxy) is 3. The van der Waals surface area contributed by atoms with Crippen LogP contribution in [0.4, 0.5) is 0 Å². The van der Waals surface area contributed by atoms with Crippen molar-refractivity contribution in [1.82, 2.24) is 10.2 Å². The largest absolute Gasteiger partial charge is 0.493 e. The van der Waals surface area contributed by atoms with Crippen molar-refractivity contribution in [1.29, 1.82) is 0 Å². The first-order chi connectivity index (χ1) is 18.2. The van der Waals surface area contributed by atoms with E-state index < -0.39 is 30.3 Å². The van der Waals surface area contributed by atoms with Gasteiger partial charge >= 0.3 is 0 Å². The van der Waals surface area contributed by atoms with Crippen LogP contribution in [0.5, 0.6) is 11.5 Å². The molecule has 1 fully saturated rings. The van der Waals surface area contributed by atoms with E-state index in [4.69, 9.17) is 14.2 Å². The number of aliphatic hydroxyl groups is 2. The number of nitrogens with one attached hydrogen (secondary N) is 1. The summed E-state index contributed by atoms with van der Waals surface area (Å²) in [5.41, 5.74) is 0.745. The van der Waals surface area contributed by atoms with E-state index in [2.05, 4.69) is 19.2 Å². The number of nitrogens with zero attached hydrogens (tertiary/aromatic N) is 1. The molecule has 1 aliphatic heterocycles. The van der Waals surface area contributed by atoms with Crippen LogP contribution < -0.4 is 14.8 Å². The molecule has 1 aromatic rings. The highest BCUT2D eigenvalue weighted by Gasteiger charge is 2.42. The van der Waals surface area contributed by atoms with Crippen molar-refractivity contribution in [3.8, 4) is 11.5 Å². The molecule has 0 bridgehead atoms. The molecule has 1 aliphatic carbocycles. The molecule has 11 heteroatoms. The van der Waals surface area contributed by atoms with Crippen molar-refractivity contribution in [2.45, 2.75) is 63.9 Å². The van der Waals surface area contributed by atoms with Crippen molar-refractivity contribution in [2.24, 2.45) is 5.92 Å². The summed E-state index contributed by atoms with van der Waals surface area (Å²) in [7, 11) is 1.45. The normalized spacial score (nSPS) is 23.1. The molecule has 0 aromatic heterocycles. The SMILES string of the molecule is COc1cc(C=O)cc(I)c1OC1C=C(C(=O)NCCO)CC(N(CCC(C)C)C(=O)C2CCCO2)C1O. The maximum atomic E-state index is 13.6. The number of methoxy groups -OCH3 is 1. The molecular weight excluding hydrogens is 607 g/mol. The summed E-state index contributed by atoms with van der Waals surface area (Å²) in [6.45, 7) is 4.87. The van der Waals surface area contributed by atoms with Crippen LogP contribution in [0.3, 0.4) is 0 Å². The van der Waals surface area contributed by atoms with E-state index in [1.54, 1.807) is 17.0 Å². The average Bonchev–Trinajstić information content (AvgIpc) is 3.44. The van der Waals surface area contributed by atoms with Crippen LogP contribution in [-0.4, -0.2) is 91.0 Å². The zero-order valence-corrected chi connectivity index (χ0v) is 24.2. The summed E-state index contributed by atoms with van der Waals surface area (Å²) in [4.78, 5) is 39.5. The van der Waals surface area contributed by atoms with Gasteiger partial charge in [-0.05, 0) is 66.0 Å². The molecule has 1 aromatic carbocycles. The predicted octanol–water partition coefficient (Wildman–Crippen LogP) is 2.08. The van der Waals surface area contributed by atoms with Crippen LogP contribution in [0, 0.1) is 9.49 Å². The number of aliphatic hydroxyl groups excluding tert-OH is 2. The quantitative estimate of drug-likeness (QED) is 0.233. The fourth-order valence-corrected chi connectivity index (χ4v) is 5.38. The summed E-state index contributed by atoms with van der Waals surface area (Å²) in [6.07, 6.45) is 1.74. The van der Waals surface area contributed by atoms with Crippen molar-refractivity contribution >= 4 is 40.7 Å². The second-order valence-corrected chi connectivity index (χ2v) is 11.0. The molecule has 3 rings (SSSR count). The lowest BCUT2D eigenvalue weighted by atomic mass is 9.87. The summed E-state index contributed by atoms with van der Waals surface area (Å²) >= 11 is 2.02. The summed E-state index contributed by atoms with van der Waals surface area (Å²) < 4.78 is 17.9. The van der Waals surface area contributed by atoms with E-state index in [1.165, 1.54) is 13.2 Å². The van der Waals surface area contributed by atoms with Crippen molar-refractivity contribution in [3.63, 3.8) is 0 Å². The van der Waals surface area contributed by atoms with Crippen LogP contribution in [0.25, 0.3) is 0 Å². The highest BCUT2D eigenvalue weighted by Crippen LogP contribution is 2.37. The number of carbonyl (C=O) groups excluding carboxylic acids is 3. The van der Waals surface area contributed by atoms with Gasteiger partial charge in [0, 0.05) is 37.3 Å². The third-order valence-electron chi connectivity index (χ3n) is 6.69. The van der Waals surface area contributed by atoms with Gasteiger partial charge in [-0.1, -0.05) is 13.8 Å². The third-order valence-corrected chi connectivity index (χ3v) is 7.49. The number of carbonyl (C=O) groups is 3. The van der Waals surface area contributed by atoms with E-state index in [0.29, 0.717) is 64.4 Å². The van der Waals surface area contributed by atoms with Gasteiger partial charge in [-0.25, -0.2) is 0 Å². The van der Waals surface area contributed by atoms with Gasteiger partial charge in [-0.2, -0.15) is 0 Å². The smallest absolute Gasteiger partial charge is 0.252 e. The van der Waals surface area contributed by atoms with Gasteiger partial charge in [0.15, 0.2) is 11.5 Å². The number of benzene rings is 1.